The summed E-state index contributed by atoms with van der Waals surface area (Å²) in [6.45, 7) is 1.00. The second kappa shape index (κ2) is 7.43. The second-order valence-corrected chi connectivity index (χ2v) is 6.07. The van der Waals surface area contributed by atoms with E-state index in [2.05, 4.69) is 0 Å². The number of nitro groups is 2. The summed E-state index contributed by atoms with van der Waals surface area (Å²) in [5, 5.41) is 22.6. The standard InChI is InChI=1S/C15H20N4O6/c1-16(2)10-5-4-6-17(9-10)14-12(15(20)25-3)7-11(18(21)22)8-13(14)19(23)24/h7-8,10H,4-6,9H2,1-3H3. The zero-order valence-corrected chi connectivity index (χ0v) is 14.3. The van der Waals surface area contributed by atoms with E-state index in [1.807, 2.05) is 19.0 Å². The molecule has 10 heteroatoms. The number of rotatable bonds is 5. The maximum absolute atomic E-state index is 12.1. The second-order valence-electron chi connectivity index (χ2n) is 6.07. The number of non-ortho nitro benzene ring substituents is 1. The Kier molecular flexibility index (Phi) is 5.52. The molecular weight excluding hydrogens is 332 g/mol. The van der Waals surface area contributed by atoms with Crippen LogP contribution in [0.3, 0.4) is 0 Å². The van der Waals surface area contributed by atoms with Crippen molar-refractivity contribution in [1.29, 1.82) is 0 Å². The first kappa shape index (κ1) is 18.6. The van der Waals surface area contributed by atoms with Gasteiger partial charge in [0.15, 0.2) is 0 Å². The Morgan fingerprint density at radius 2 is 1.96 bits per heavy atom. The lowest BCUT2D eigenvalue weighted by molar-refractivity contribution is -0.393. The molecule has 1 aromatic carbocycles. The highest BCUT2D eigenvalue weighted by Crippen LogP contribution is 2.38. The summed E-state index contributed by atoms with van der Waals surface area (Å²) in [7, 11) is 4.97. The molecule has 1 heterocycles. The van der Waals surface area contributed by atoms with Crippen molar-refractivity contribution >= 4 is 23.0 Å². The maximum Gasteiger partial charge on any atom is 0.340 e. The van der Waals surface area contributed by atoms with Gasteiger partial charge in [-0.3, -0.25) is 20.2 Å². The molecule has 136 valence electrons. The fourth-order valence-corrected chi connectivity index (χ4v) is 3.03. The van der Waals surface area contributed by atoms with Crippen LogP contribution in [0.1, 0.15) is 23.2 Å². The molecule has 1 aliphatic rings. The van der Waals surface area contributed by atoms with Crippen LogP contribution in [0, 0.1) is 20.2 Å². The van der Waals surface area contributed by atoms with Crippen molar-refractivity contribution in [2.24, 2.45) is 0 Å². The van der Waals surface area contributed by atoms with Gasteiger partial charge in [-0.2, -0.15) is 0 Å². The average Bonchev–Trinajstić information content (AvgIpc) is 2.59. The van der Waals surface area contributed by atoms with Crippen LogP contribution in [0.15, 0.2) is 12.1 Å². The molecule has 2 rings (SSSR count). The molecule has 1 saturated heterocycles. The number of anilines is 1. The topological polar surface area (TPSA) is 119 Å². The molecule has 1 aromatic rings. The van der Waals surface area contributed by atoms with Crippen molar-refractivity contribution < 1.29 is 19.4 Å². The Hall–Kier alpha value is -2.75. The number of carbonyl (C=O) groups excluding carboxylic acids is 1. The number of nitrogens with zero attached hydrogens (tertiary/aromatic N) is 4. The third-order valence-electron chi connectivity index (χ3n) is 4.33. The van der Waals surface area contributed by atoms with Crippen LogP contribution >= 0.6 is 0 Å². The Morgan fingerprint density at radius 3 is 2.48 bits per heavy atom. The lowest BCUT2D eigenvalue weighted by Gasteiger charge is -2.37. The first-order valence-corrected chi connectivity index (χ1v) is 7.72. The van der Waals surface area contributed by atoms with Gasteiger partial charge in [0.2, 0.25) is 0 Å². The molecule has 0 N–H and O–H groups in total. The molecule has 25 heavy (non-hydrogen) atoms. The fraction of sp³-hybridized carbons (Fsp3) is 0.533. The van der Waals surface area contributed by atoms with Gasteiger partial charge in [-0.15, -0.1) is 0 Å². The van der Waals surface area contributed by atoms with Crippen LogP contribution in [0.25, 0.3) is 0 Å². The van der Waals surface area contributed by atoms with Gasteiger partial charge >= 0.3 is 5.97 Å². The molecule has 1 fully saturated rings. The van der Waals surface area contributed by atoms with Crippen molar-refractivity contribution in [3.05, 3.63) is 37.9 Å². The molecule has 0 aliphatic carbocycles. The van der Waals surface area contributed by atoms with Gasteiger partial charge in [-0.25, -0.2) is 4.79 Å². The summed E-state index contributed by atoms with van der Waals surface area (Å²) in [4.78, 5) is 37.0. The van der Waals surface area contributed by atoms with Gasteiger partial charge in [0.25, 0.3) is 11.4 Å². The number of nitro benzene ring substituents is 2. The molecule has 1 aliphatic heterocycles. The SMILES string of the molecule is COC(=O)c1cc([N+](=O)[O-])cc([N+](=O)[O-])c1N1CCCC(N(C)C)C1. The van der Waals surface area contributed by atoms with Crippen LogP contribution in [0.4, 0.5) is 17.1 Å². The molecule has 0 bridgehead atoms. The number of esters is 1. The Bertz CT molecular complexity index is 706. The molecule has 0 saturated carbocycles. The molecule has 1 atom stereocenters. The van der Waals surface area contributed by atoms with E-state index in [-0.39, 0.29) is 17.3 Å². The molecule has 10 nitrogen and oxygen atoms in total. The number of carbonyl (C=O) groups is 1. The molecule has 1 unspecified atom stereocenters. The van der Waals surface area contributed by atoms with Crippen molar-refractivity contribution in [3.8, 4) is 0 Å². The quantitative estimate of drug-likeness (QED) is 0.447. The lowest BCUT2D eigenvalue weighted by atomic mass is 10.0. The van der Waals surface area contributed by atoms with E-state index in [0.717, 1.165) is 32.1 Å². The normalized spacial score (nSPS) is 17.4. The van der Waals surface area contributed by atoms with Gasteiger partial charge in [0, 0.05) is 25.2 Å². The summed E-state index contributed by atoms with van der Waals surface area (Å²) >= 11 is 0. The van der Waals surface area contributed by atoms with E-state index in [0.29, 0.717) is 13.1 Å². The van der Waals surface area contributed by atoms with Gasteiger partial charge in [0.05, 0.1) is 28.6 Å². The number of piperidine rings is 1. The van der Waals surface area contributed by atoms with Gasteiger partial charge in [-0.05, 0) is 26.9 Å². The number of likely N-dealkylation sites (N-methyl/N-ethyl adjacent to an activating group) is 1. The van der Waals surface area contributed by atoms with Gasteiger partial charge in [0.1, 0.15) is 5.69 Å². The van der Waals surface area contributed by atoms with Crippen molar-refractivity contribution in [1.82, 2.24) is 4.90 Å². The zero-order chi connectivity index (χ0) is 18.7. The highest BCUT2D eigenvalue weighted by molar-refractivity contribution is 5.99. The first-order valence-electron chi connectivity index (χ1n) is 7.72. The van der Waals surface area contributed by atoms with Crippen LogP contribution < -0.4 is 4.90 Å². The number of hydrogen-bond donors (Lipinski definition) is 0. The van der Waals surface area contributed by atoms with Gasteiger partial charge < -0.3 is 14.5 Å². The minimum Gasteiger partial charge on any atom is -0.465 e. The Labute approximate surface area is 144 Å². The smallest absolute Gasteiger partial charge is 0.340 e. The first-order chi connectivity index (χ1) is 11.8. The fourth-order valence-electron chi connectivity index (χ4n) is 3.03. The number of benzene rings is 1. The number of methoxy groups -OCH3 is 1. The average molecular weight is 352 g/mol. The zero-order valence-electron chi connectivity index (χ0n) is 14.3. The predicted octanol–water partition coefficient (Wildman–Crippen LogP) is 1.82. The Morgan fingerprint density at radius 1 is 1.28 bits per heavy atom. The minimum absolute atomic E-state index is 0.0778. The van der Waals surface area contributed by atoms with Crippen LogP contribution in [-0.4, -0.2) is 61.1 Å². The summed E-state index contributed by atoms with van der Waals surface area (Å²) in [6, 6.07) is 2.09. The van der Waals surface area contributed by atoms with E-state index in [9.17, 15) is 25.0 Å². The van der Waals surface area contributed by atoms with E-state index in [1.54, 1.807) is 4.90 Å². The Balaban J connectivity index is 2.62. The highest BCUT2D eigenvalue weighted by atomic mass is 16.6. The molecule has 0 radical (unpaired) electrons. The van der Waals surface area contributed by atoms with Crippen molar-refractivity contribution in [2.75, 3.05) is 39.2 Å². The van der Waals surface area contributed by atoms with Gasteiger partial charge in [-0.1, -0.05) is 0 Å². The maximum atomic E-state index is 12.1. The van der Waals surface area contributed by atoms with Crippen molar-refractivity contribution in [3.63, 3.8) is 0 Å². The molecule has 0 amide bonds. The van der Waals surface area contributed by atoms with E-state index in [1.165, 1.54) is 0 Å². The molecule has 0 aromatic heterocycles. The summed E-state index contributed by atoms with van der Waals surface area (Å²) < 4.78 is 4.69. The summed E-state index contributed by atoms with van der Waals surface area (Å²) in [6.07, 6.45) is 1.72. The highest BCUT2D eigenvalue weighted by Gasteiger charge is 2.34. The van der Waals surface area contributed by atoms with Crippen LogP contribution in [0.2, 0.25) is 0 Å². The summed E-state index contributed by atoms with van der Waals surface area (Å²) in [5.74, 6) is -0.839. The van der Waals surface area contributed by atoms with Crippen LogP contribution in [0.5, 0.6) is 0 Å². The largest absolute Gasteiger partial charge is 0.465 e. The van der Waals surface area contributed by atoms with E-state index < -0.39 is 27.2 Å². The third kappa shape index (κ3) is 3.85. The van der Waals surface area contributed by atoms with E-state index >= 15 is 0 Å². The van der Waals surface area contributed by atoms with Crippen molar-refractivity contribution in [2.45, 2.75) is 18.9 Å². The number of hydrogen-bond acceptors (Lipinski definition) is 8. The number of ether oxygens (including phenoxy) is 1. The van der Waals surface area contributed by atoms with Crippen LogP contribution in [-0.2, 0) is 4.74 Å². The monoisotopic (exact) mass is 352 g/mol. The van der Waals surface area contributed by atoms with E-state index in [4.69, 9.17) is 4.74 Å². The lowest BCUT2D eigenvalue weighted by Crippen LogP contribution is -2.45. The third-order valence-corrected chi connectivity index (χ3v) is 4.33. The summed E-state index contributed by atoms with van der Waals surface area (Å²) in [5.41, 5.74) is -1.07. The molecular formula is C15H20N4O6. The minimum atomic E-state index is -0.839. The molecule has 0 spiro atoms. The predicted molar refractivity (Wildman–Crippen MR) is 90.0 cm³/mol.